The van der Waals surface area contributed by atoms with E-state index >= 15 is 0 Å². The average molecular weight is 347 g/mol. The number of halogens is 2. The van der Waals surface area contributed by atoms with Crippen LogP contribution in [0, 0.1) is 0 Å². The molecule has 21 heavy (non-hydrogen) atoms. The standard InChI is InChI=1S/C13H12Cl2N2O3S/c1-2-17-12(20)9(6-10(18)19)21-13(17)16-8-5-3-4-7(14)11(8)15/h3-5,9H,2,6H2,1H3,(H,18,19)/t9-/m1/s1. The molecule has 0 saturated carbocycles. The SMILES string of the molecule is CCN1C(=O)[C@@H](CC(=O)O)SC1=Nc1cccc(Cl)c1Cl. The van der Waals surface area contributed by atoms with Gasteiger partial charge < -0.3 is 5.11 Å². The highest BCUT2D eigenvalue weighted by Gasteiger charge is 2.38. The normalized spacial score (nSPS) is 20.3. The highest BCUT2D eigenvalue weighted by atomic mass is 35.5. The number of aliphatic carboxylic acids is 1. The van der Waals surface area contributed by atoms with Crippen molar-refractivity contribution in [3.63, 3.8) is 0 Å². The first-order valence-corrected chi connectivity index (χ1v) is 7.80. The van der Waals surface area contributed by atoms with Crippen LogP contribution in [-0.4, -0.2) is 38.8 Å². The van der Waals surface area contributed by atoms with E-state index in [1.807, 2.05) is 0 Å². The smallest absolute Gasteiger partial charge is 0.305 e. The Labute approximate surface area is 135 Å². The van der Waals surface area contributed by atoms with E-state index in [0.29, 0.717) is 27.4 Å². The highest BCUT2D eigenvalue weighted by molar-refractivity contribution is 8.15. The van der Waals surface area contributed by atoms with Crippen molar-refractivity contribution in [2.75, 3.05) is 6.54 Å². The van der Waals surface area contributed by atoms with Gasteiger partial charge >= 0.3 is 5.97 Å². The van der Waals surface area contributed by atoms with Gasteiger partial charge in [0.2, 0.25) is 5.91 Å². The number of carboxylic acid groups (broad SMARTS) is 1. The molecule has 5 nitrogen and oxygen atoms in total. The van der Waals surface area contributed by atoms with Gasteiger partial charge in [0.25, 0.3) is 0 Å². The predicted molar refractivity (Wildman–Crippen MR) is 84.6 cm³/mol. The Morgan fingerprint density at radius 1 is 1.48 bits per heavy atom. The number of amides is 1. The number of carboxylic acids is 1. The molecule has 0 spiro atoms. The van der Waals surface area contributed by atoms with Crippen molar-refractivity contribution in [3.05, 3.63) is 28.2 Å². The Balaban J connectivity index is 2.33. The zero-order chi connectivity index (χ0) is 15.6. The number of nitrogens with zero attached hydrogens (tertiary/aromatic N) is 2. The van der Waals surface area contributed by atoms with Gasteiger partial charge in [0.1, 0.15) is 5.25 Å². The fraction of sp³-hybridized carbons (Fsp3) is 0.308. The van der Waals surface area contributed by atoms with Crippen molar-refractivity contribution in [2.24, 2.45) is 4.99 Å². The predicted octanol–water partition coefficient (Wildman–Crippen LogP) is 3.42. The molecule has 0 aliphatic carbocycles. The van der Waals surface area contributed by atoms with Crippen LogP contribution in [0.5, 0.6) is 0 Å². The summed E-state index contributed by atoms with van der Waals surface area (Å²) in [6.45, 7) is 2.22. The number of rotatable bonds is 4. The molecule has 1 fully saturated rings. The van der Waals surface area contributed by atoms with Gasteiger partial charge in [-0.2, -0.15) is 0 Å². The summed E-state index contributed by atoms with van der Waals surface area (Å²) >= 11 is 13.1. The lowest BCUT2D eigenvalue weighted by Gasteiger charge is -2.13. The van der Waals surface area contributed by atoms with Gasteiger partial charge in [0, 0.05) is 6.54 Å². The molecular weight excluding hydrogens is 335 g/mol. The maximum Gasteiger partial charge on any atom is 0.305 e. The van der Waals surface area contributed by atoms with Gasteiger partial charge in [0.15, 0.2) is 5.17 Å². The zero-order valence-corrected chi connectivity index (χ0v) is 13.4. The largest absolute Gasteiger partial charge is 0.481 e. The third kappa shape index (κ3) is 3.51. The van der Waals surface area contributed by atoms with E-state index in [0.717, 1.165) is 11.8 Å². The molecule has 1 saturated heterocycles. The van der Waals surface area contributed by atoms with Crippen molar-refractivity contribution in [1.82, 2.24) is 4.90 Å². The number of amidine groups is 1. The maximum absolute atomic E-state index is 12.1. The van der Waals surface area contributed by atoms with E-state index in [1.54, 1.807) is 25.1 Å². The lowest BCUT2D eigenvalue weighted by Crippen LogP contribution is -2.32. The van der Waals surface area contributed by atoms with E-state index in [1.165, 1.54) is 4.90 Å². The number of carbonyl (C=O) groups is 2. The first-order chi connectivity index (χ1) is 9.93. The van der Waals surface area contributed by atoms with E-state index in [4.69, 9.17) is 28.3 Å². The summed E-state index contributed by atoms with van der Waals surface area (Å²) in [6, 6.07) is 5.04. The molecule has 0 unspecified atom stereocenters. The van der Waals surface area contributed by atoms with Gasteiger partial charge in [-0.25, -0.2) is 4.99 Å². The molecule has 1 N–H and O–H groups in total. The second kappa shape index (κ2) is 6.68. The number of carbonyl (C=O) groups excluding carboxylic acids is 1. The van der Waals surface area contributed by atoms with Crippen molar-refractivity contribution in [2.45, 2.75) is 18.6 Å². The van der Waals surface area contributed by atoms with Crippen LogP contribution < -0.4 is 0 Å². The molecule has 0 bridgehead atoms. The summed E-state index contributed by atoms with van der Waals surface area (Å²) in [4.78, 5) is 28.7. The van der Waals surface area contributed by atoms with Crippen molar-refractivity contribution < 1.29 is 14.7 Å². The summed E-state index contributed by atoms with van der Waals surface area (Å²) < 4.78 is 0. The van der Waals surface area contributed by atoms with Gasteiger partial charge in [-0.1, -0.05) is 41.0 Å². The van der Waals surface area contributed by atoms with E-state index < -0.39 is 11.2 Å². The number of benzene rings is 1. The number of hydrogen-bond donors (Lipinski definition) is 1. The molecule has 112 valence electrons. The van der Waals surface area contributed by atoms with Gasteiger partial charge in [-0.15, -0.1) is 0 Å². The van der Waals surface area contributed by atoms with Gasteiger partial charge in [-0.3, -0.25) is 14.5 Å². The Morgan fingerprint density at radius 3 is 2.81 bits per heavy atom. The molecule has 1 atom stereocenters. The van der Waals surface area contributed by atoms with E-state index in [-0.39, 0.29) is 12.3 Å². The summed E-state index contributed by atoms with van der Waals surface area (Å²) in [7, 11) is 0. The lowest BCUT2D eigenvalue weighted by atomic mass is 10.3. The highest BCUT2D eigenvalue weighted by Crippen LogP contribution is 2.36. The van der Waals surface area contributed by atoms with Crippen molar-refractivity contribution >= 4 is 57.7 Å². The Morgan fingerprint density at radius 2 is 2.19 bits per heavy atom. The Kier molecular flexibility index (Phi) is 5.13. The fourth-order valence-corrected chi connectivity index (χ4v) is 3.40. The molecule has 2 rings (SSSR count). The van der Waals surface area contributed by atoms with Crippen LogP contribution in [0.4, 0.5) is 5.69 Å². The fourth-order valence-electron chi connectivity index (χ4n) is 1.86. The average Bonchev–Trinajstić information content (AvgIpc) is 2.70. The Bertz CT molecular complexity index is 621. The van der Waals surface area contributed by atoms with Crippen molar-refractivity contribution in [1.29, 1.82) is 0 Å². The first kappa shape index (κ1) is 16.1. The minimum absolute atomic E-state index is 0.234. The third-order valence-electron chi connectivity index (χ3n) is 2.84. The van der Waals surface area contributed by atoms with Crippen LogP contribution in [0.1, 0.15) is 13.3 Å². The monoisotopic (exact) mass is 346 g/mol. The molecule has 1 aromatic rings. The quantitative estimate of drug-likeness (QED) is 0.906. The second-order valence-corrected chi connectivity index (χ2v) is 6.21. The number of thioether (sulfide) groups is 1. The van der Waals surface area contributed by atoms with Crippen molar-refractivity contribution in [3.8, 4) is 0 Å². The van der Waals surface area contributed by atoms with E-state index in [2.05, 4.69) is 4.99 Å². The number of aliphatic imine (C=N–C) groups is 1. The topological polar surface area (TPSA) is 70.0 Å². The summed E-state index contributed by atoms with van der Waals surface area (Å²) in [5.74, 6) is -1.26. The molecule has 1 amide bonds. The van der Waals surface area contributed by atoms with Crippen LogP contribution in [0.3, 0.4) is 0 Å². The molecule has 0 aromatic heterocycles. The molecule has 0 radical (unpaired) electrons. The van der Waals surface area contributed by atoms with Crippen LogP contribution in [0.15, 0.2) is 23.2 Å². The molecule has 1 aromatic carbocycles. The van der Waals surface area contributed by atoms with Crippen LogP contribution in [0.25, 0.3) is 0 Å². The second-order valence-electron chi connectivity index (χ2n) is 4.25. The van der Waals surface area contributed by atoms with Crippen LogP contribution >= 0.6 is 35.0 Å². The summed E-state index contributed by atoms with van der Waals surface area (Å²) in [5, 5.41) is 9.31. The van der Waals surface area contributed by atoms with Crippen LogP contribution in [-0.2, 0) is 9.59 Å². The van der Waals surface area contributed by atoms with Gasteiger partial charge in [-0.05, 0) is 19.1 Å². The number of hydrogen-bond acceptors (Lipinski definition) is 4. The summed E-state index contributed by atoms with van der Waals surface area (Å²) in [6.07, 6.45) is -0.234. The van der Waals surface area contributed by atoms with Gasteiger partial charge in [0.05, 0.1) is 22.2 Å². The molecular formula is C13H12Cl2N2O3S. The minimum atomic E-state index is -1.01. The van der Waals surface area contributed by atoms with E-state index in [9.17, 15) is 9.59 Å². The zero-order valence-electron chi connectivity index (χ0n) is 11.0. The van der Waals surface area contributed by atoms with Crippen LogP contribution in [0.2, 0.25) is 10.0 Å². The third-order valence-corrected chi connectivity index (χ3v) is 4.83. The summed E-state index contributed by atoms with van der Waals surface area (Å²) in [5.41, 5.74) is 0.453. The first-order valence-electron chi connectivity index (χ1n) is 6.16. The molecule has 1 aliphatic rings. The Hall–Kier alpha value is -1.24. The molecule has 1 aliphatic heterocycles. The molecule has 1 heterocycles. The minimum Gasteiger partial charge on any atom is -0.481 e. The molecule has 8 heteroatoms. The maximum atomic E-state index is 12.1. The lowest BCUT2D eigenvalue weighted by molar-refractivity contribution is -0.139.